The highest BCUT2D eigenvalue weighted by molar-refractivity contribution is 7.71. The maximum absolute atomic E-state index is 14.1. The van der Waals surface area contributed by atoms with Gasteiger partial charge in [-0.15, -0.1) is 0 Å². The number of rotatable bonds is 2. The van der Waals surface area contributed by atoms with Crippen molar-refractivity contribution in [2.75, 3.05) is 0 Å². The normalized spacial score (nSPS) is 11.2. The number of hydrogen-bond donors (Lipinski definition) is 1. The van der Waals surface area contributed by atoms with Crippen molar-refractivity contribution in [3.05, 3.63) is 39.9 Å². The summed E-state index contributed by atoms with van der Waals surface area (Å²) in [5.74, 6) is -0.771. The van der Waals surface area contributed by atoms with Crippen molar-refractivity contribution in [1.29, 1.82) is 0 Å². The Hall–Kier alpha value is -1.56. The average Bonchev–Trinajstić information content (AvgIpc) is 2.67. The van der Waals surface area contributed by atoms with E-state index in [1.165, 1.54) is 16.7 Å². The van der Waals surface area contributed by atoms with Crippen molar-refractivity contribution in [2.24, 2.45) is 0 Å². The molecule has 6 heteroatoms. The van der Waals surface area contributed by atoms with Crippen LogP contribution in [0.2, 0.25) is 0 Å². The monoisotopic (exact) mass is 269 g/mol. The highest BCUT2D eigenvalue weighted by Gasteiger charge is 2.19. The summed E-state index contributed by atoms with van der Waals surface area (Å²) in [5, 5.41) is 6.59. The lowest BCUT2D eigenvalue weighted by Crippen LogP contribution is -2.08. The molecule has 0 bridgehead atoms. The average molecular weight is 269 g/mol. The van der Waals surface area contributed by atoms with Gasteiger partial charge in [0, 0.05) is 5.92 Å². The quantitative estimate of drug-likeness (QED) is 0.844. The van der Waals surface area contributed by atoms with Crippen LogP contribution in [-0.2, 0) is 0 Å². The van der Waals surface area contributed by atoms with Gasteiger partial charge in [-0.3, -0.25) is 9.67 Å². The Bertz CT molecular complexity index is 643. The van der Waals surface area contributed by atoms with Gasteiger partial charge in [0.25, 0.3) is 0 Å². The number of aromatic nitrogens is 3. The van der Waals surface area contributed by atoms with Crippen molar-refractivity contribution in [3.63, 3.8) is 0 Å². The van der Waals surface area contributed by atoms with Crippen molar-refractivity contribution in [1.82, 2.24) is 14.8 Å². The number of nitrogens with one attached hydrogen (secondary N) is 1. The number of nitrogens with zero attached hydrogens (tertiary/aromatic N) is 2. The van der Waals surface area contributed by atoms with E-state index in [1.54, 1.807) is 6.92 Å². The minimum absolute atomic E-state index is 0.00253. The molecule has 0 radical (unpaired) electrons. The molecule has 0 spiro atoms. The summed E-state index contributed by atoms with van der Waals surface area (Å²) in [6, 6.07) is 2.62. The van der Waals surface area contributed by atoms with Crippen molar-refractivity contribution in [2.45, 2.75) is 26.7 Å². The summed E-state index contributed by atoms with van der Waals surface area (Å²) in [5.41, 5.74) is 0.196. The second-order valence-corrected chi connectivity index (χ2v) is 4.79. The minimum atomic E-state index is -0.655. The second kappa shape index (κ2) is 4.61. The van der Waals surface area contributed by atoms with Crippen LogP contribution in [0.5, 0.6) is 0 Å². The molecule has 0 atom stereocenters. The zero-order valence-corrected chi connectivity index (χ0v) is 11.1. The SMILES string of the molecule is Cc1ccc(F)c(-n2c(C(C)C)n[nH]c2=S)c1F. The standard InChI is InChI=1S/C12H13F2N3S/c1-6(2)11-15-16-12(18)17(11)10-8(13)5-4-7(3)9(10)14/h4-6H,1-3H3,(H,16,18). The Morgan fingerprint density at radius 1 is 1.33 bits per heavy atom. The first-order chi connectivity index (χ1) is 8.43. The van der Waals surface area contributed by atoms with Crippen LogP contribution < -0.4 is 0 Å². The van der Waals surface area contributed by atoms with E-state index in [4.69, 9.17) is 12.2 Å². The third kappa shape index (κ3) is 1.96. The smallest absolute Gasteiger partial charge is 0.200 e. The van der Waals surface area contributed by atoms with Gasteiger partial charge in [0.2, 0.25) is 0 Å². The number of aryl methyl sites for hydroxylation is 1. The number of aromatic amines is 1. The molecule has 0 saturated heterocycles. The van der Waals surface area contributed by atoms with E-state index in [1.807, 2.05) is 13.8 Å². The van der Waals surface area contributed by atoms with Gasteiger partial charge in [0.1, 0.15) is 17.3 Å². The van der Waals surface area contributed by atoms with Gasteiger partial charge in [-0.1, -0.05) is 19.9 Å². The third-order valence-electron chi connectivity index (χ3n) is 2.70. The van der Waals surface area contributed by atoms with Gasteiger partial charge in [0.15, 0.2) is 10.6 Å². The summed E-state index contributed by atoms with van der Waals surface area (Å²) >= 11 is 5.05. The number of benzene rings is 1. The maximum atomic E-state index is 14.1. The molecule has 0 aliphatic heterocycles. The molecule has 0 saturated carbocycles. The molecule has 1 aromatic carbocycles. The van der Waals surface area contributed by atoms with E-state index < -0.39 is 11.6 Å². The molecule has 2 aromatic rings. The Labute approximate surface area is 108 Å². The molecule has 3 nitrogen and oxygen atoms in total. The summed E-state index contributed by atoms with van der Waals surface area (Å²) in [6.45, 7) is 5.34. The van der Waals surface area contributed by atoms with Gasteiger partial charge in [0.05, 0.1) is 0 Å². The van der Waals surface area contributed by atoms with E-state index in [9.17, 15) is 8.78 Å². The Kier molecular flexibility index (Phi) is 3.30. The Morgan fingerprint density at radius 2 is 2.00 bits per heavy atom. The van der Waals surface area contributed by atoms with Gasteiger partial charge in [-0.25, -0.2) is 8.78 Å². The van der Waals surface area contributed by atoms with Crippen LogP contribution in [0.15, 0.2) is 12.1 Å². The molecule has 0 aliphatic carbocycles. The minimum Gasteiger partial charge on any atom is -0.266 e. The molecular weight excluding hydrogens is 256 g/mol. The van der Waals surface area contributed by atoms with Gasteiger partial charge < -0.3 is 0 Å². The van der Waals surface area contributed by atoms with E-state index >= 15 is 0 Å². The summed E-state index contributed by atoms with van der Waals surface area (Å²) < 4.78 is 29.5. The first-order valence-corrected chi connectivity index (χ1v) is 5.96. The fourth-order valence-electron chi connectivity index (χ4n) is 1.76. The lowest BCUT2D eigenvalue weighted by atomic mass is 10.1. The van der Waals surface area contributed by atoms with Crippen LogP contribution >= 0.6 is 12.2 Å². The summed E-state index contributed by atoms with van der Waals surface area (Å²) in [6.07, 6.45) is 0. The van der Waals surface area contributed by atoms with Crippen molar-refractivity contribution >= 4 is 12.2 Å². The molecule has 0 amide bonds. The highest BCUT2D eigenvalue weighted by Crippen LogP contribution is 2.24. The fraction of sp³-hybridized carbons (Fsp3) is 0.333. The van der Waals surface area contributed by atoms with E-state index in [0.29, 0.717) is 11.4 Å². The van der Waals surface area contributed by atoms with Gasteiger partial charge in [-0.2, -0.15) is 5.10 Å². The number of halogens is 2. The topological polar surface area (TPSA) is 33.6 Å². The molecule has 0 fully saturated rings. The Morgan fingerprint density at radius 3 is 2.61 bits per heavy atom. The largest absolute Gasteiger partial charge is 0.266 e. The first kappa shape index (κ1) is 12.9. The van der Waals surface area contributed by atoms with Crippen LogP contribution in [0.4, 0.5) is 8.78 Å². The summed E-state index contributed by atoms with van der Waals surface area (Å²) in [7, 11) is 0. The fourth-order valence-corrected chi connectivity index (χ4v) is 1.99. The predicted octanol–water partition coefficient (Wildman–Crippen LogP) is 3.64. The van der Waals surface area contributed by atoms with Gasteiger partial charge >= 0.3 is 0 Å². The van der Waals surface area contributed by atoms with Crippen LogP contribution in [0.1, 0.15) is 31.2 Å². The molecule has 1 N–H and O–H groups in total. The zero-order valence-electron chi connectivity index (χ0n) is 10.3. The van der Waals surface area contributed by atoms with E-state index in [-0.39, 0.29) is 16.4 Å². The lowest BCUT2D eigenvalue weighted by Gasteiger charge is -2.12. The molecule has 96 valence electrons. The molecular formula is C12H13F2N3S. The molecule has 1 heterocycles. The molecule has 0 unspecified atom stereocenters. The van der Waals surface area contributed by atoms with E-state index in [0.717, 1.165) is 0 Å². The molecule has 18 heavy (non-hydrogen) atoms. The lowest BCUT2D eigenvalue weighted by molar-refractivity contribution is 0.556. The number of H-pyrrole nitrogens is 1. The summed E-state index contributed by atoms with van der Waals surface area (Å²) in [4.78, 5) is 0. The van der Waals surface area contributed by atoms with Crippen LogP contribution in [-0.4, -0.2) is 14.8 Å². The molecule has 2 rings (SSSR count). The highest BCUT2D eigenvalue weighted by atomic mass is 32.1. The first-order valence-electron chi connectivity index (χ1n) is 5.55. The maximum Gasteiger partial charge on any atom is 0.200 e. The van der Waals surface area contributed by atoms with Crippen LogP contribution in [0.3, 0.4) is 0 Å². The predicted molar refractivity (Wildman–Crippen MR) is 67.5 cm³/mol. The number of hydrogen-bond acceptors (Lipinski definition) is 2. The van der Waals surface area contributed by atoms with Crippen molar-refractivity contribution < 1.29 is 8.78 Å². The molecule has 1 aromatic heterocycles. The van der Waals surface area contributed by atoms with Crippen LogP contribution in [0, 0.1) is 23.3 Å². The van der Waals surface area contributed by atoms with Crippen LogP contribution in [0.25, 0.3) is 5.69 Å². The third-order valence-corrected chi connectivity index (χ3v) is 2.97. The zero-order chi connectivity index (χ0) is 13.4. The van der Waals surface area contributed by atoms with E-state index in [2.05, 4.69) is 10.2 Å². The van der Waals surface area contributed by atoms with Gasteiger partial charge in [-0.05, 0) is 30.8 Å². The van der Waals surface area contributed by atoms with Crippen molar-refractivity contribution in [3.8, 4) is 5.69 Å². The Balaban J connectivity index is 2.81. The second-order valence-electron chi connectivity index (χ2n) is 4.40. The molecule has 0 aliphatic rings.